The van der Waals surface area contributed by atoms with Crippen LogP contribution in [0.2, 0.25) is 0 Å². The van der Waals surface area contributed by atoms with Gasteiger partial charge in [0.25, 0.3) is 0 Å². The predicted molar refractivity (Wildman–Crippen MR) is 140 cm³/mol. The third-order valence-corrected chi connectivity index (χ3v) is 5.87. The van der Waals surface area contributed by atoms with Crippen molar-refractivity contribution in [3.8, 4) is 0 Å². The van der Waals surface area contributed by atoms with Gasteiger partial charge < -0.3 is 9.47 Å². The molecule has 36 heavy (non-hydrogen) atoms. The zero-order valence-electron chi connectivity index (χ0n) is 21.3. The van der Waals surface area contributed by atoms with Crippen molar-refractivity contribution in [2.24, 2.45) is 5.92 Å². The number of benzene rings is 3. The zero-order chi connectivity index (χ0) is 25.9. The van der Waals surface area contributed by atoms with E-state index in [-0.39, 0.29) is 12.2 Å². The molecule has 0 saturated carbocycles. The van der Waals surface area contributed by atoms with Gasteiger partial charge in [0, 0.05) is 6.42 Å². The summed E-state index contributed by atoms with van der Waals surface area (Å²) in [5.41, 5.74) is 4.06. The Morgan fingerprint density at radius 1 is 0.722 bits per heavy atom. The fraction of sp³-hybridized carbons (Fsp3) is 0.323. The van der Waals surface area contributed by atoms with Crippen LogP contribution in [0.4, 0.5) is 0 Å². The smallest absolute Gasteiger partial charge is 0.346 e. The minimum Gasteiger partial charge on any atom is -0.462 e. The minimum atomic E-state index is -0.726. The third-order valence-electron chi connectivity index (χ3n) is 5.87. The number of hydrogen-bond donors (Lipinski definition) is 0. The standard InChI is InChI=1S/C31H34O5/c1-4-5-8-23-11-15-26(16-12-23)29(32)35-20-19-25-9-6-7-10-28(25)31(34)36-30(33)27-17-13-24(14-18-27)21-22(2)3/h6-7,9-18,22H,4-5,8,19-21H2,1-3H3. The summed E-state index contributed by atoms with van der Waals surface area (Å²) in [7, 11) is 0. The molecule has 5 nitrogen and oxygen atoms in total. The molecular weight excluding hydrogens is 452 g/mol. The molecular formula is C31H34O5. The molecule has 0 atom stereocenters. The molecule has 0 radical (unpaired) electrons. The highest BCUT2D eigenvalue weighted by Gasteiger charge is 2.18. The molecule has 0 unspecified atom stereocenters. The fourth-order valence-electron chi connectivity index (χ4n) is 3.91. The average molecular weight is 487 g/mol. The molecule has 3 rings (SSSR count). The Balaban J connectivity index is 1.55. The first-order valence-corrected chi connectivity index (χ1v) is 12.6. The van der Waals surface area contributed by atoms with E-state index < -0.39 is 17.9 Å². The van der Waals surface area contributed by atoms with Crippen molar-refractivity contribution in [1.29, 1.82) is 0 Å². The summed E-state index contributed by atoms with van der Waals surface area (Å²) in [5.74, 6) is -1.32. The molecule has 3 aromatic rings. The van der Waals surface area contributed by atoms with Gasteiger partial charge in [-0.1, -0.05) is 69.7 Å². The first kappa shape index (κ1) is 26.9. The number of carbonyl (C=O) groups is 3. The first-order valence-electron chi connectivity index (χ1n) is 12.6. The van der Waals surface area contributed by atoms with E-state index in [9.17, 15) is 14.4 Å². The van der Waals surface area contributed by atoms with E-state index in [2.05, 4.69) is 20.8 Å². The second-order valence-corrected chi connectivity index (χ2v) is 9.32. The van der Waals surface area contributed by atoms with Gasteiger partial charge >= 0.3 is 17.9 Å². The molecule has 0 aliphatic heterocycles. The van der Waals surface area contributed by atoms with Crippen LogP contribution in [0, 0.1) is 5.92 Å². The predicted octanol–water partition coefficient (Wildman–Crippen LogP) is 6.62. The van der Waals surface area contributed by atoms with Gasteiger partial charge in [0.2, 0.25) is 0 Å². The summed E-state index contributed by atoms with van der Waals surface area (Å²) in [5, 5.41) is 0. The number of unbranched alkanes of at least 4 members (excludes halogenated alkanes) is 1. The second-order valence-electron chi connectivity index (χ2n) is 9.32. The van der Waals surface area contributed by atoms with Crippen molar-refractivity contribution in [3.05, 3.63) is 106 Å². The summed E-state index contributed by atoms with van der Waals surface area (Å²) in [6.07, 6.45) is 4.46. The van der Waals surface area contributed by atoms with Gasteiger partial charge in [-0.25, -0.2) is 14.4 Å². The van der Waals surface area contributed by atoms with E-state index in [4.69, 9.17) is 9.47 Å². The highest BCUT2D eigenvalue weighted by atomic mass is 16.6. The Hall–Kier alpha value is -3.73. The molecule has 3 aromatic carbocycles. The Morgan fingerprint density at radius 3 is 1.97 bits per heavy atom. The highest BCUT2D eigenvalue weighted by molar-refractivity contribution is 6.03. The van der Waals surface area contributed by atoms with Gasteiger partial charge in [-0.3, -0.25) is 0 Å². The largest absolute Gasteiger partial charge is 0.462 e. The van der Waals surface area contributed by atoms with Crippen molar-refractivity contribution < 1.29 is 23.9 Å². The fourth-order valence-corrected chi connectivity index (χ4v) is 3.91. The van der Waals surface area contributed by atoms with Crippen molar-refractivity contribution >= 4 is 17.9 Å². The lowest BCUT2D eigenvalue weighted by Gasteiger charge is -2.10. The van der Waals surface area contributed by atoms with E-state index in [1.54, 1.807) is 48.5 Å². The maximum Gasteiger partial charge on any atom is 0.346 e. The summed E-state index contributed by atoms with van der Waals surface area (Å²) in [6.45, 7) is 6.51. The molecule has 0 amide bonds. The molecule has 5 heteroatoms. The van der Waals surface area contributed by atoms with Crippen LogP contribution in [0.3, 0.4) is 0 Å². The Morgan fingerprint density at radius 2 is 1.33 bits per heavy atom. The maximum atomic E-state index is 12.7. The third kappa shape index (κ3) is 7.91. The molecule has 0 aliphatic carbocycles. The normalized spacial score (nSPS) is 10.8. The lowest BCUT2D eigenvalue weighted by atomic mass is 10.0. The van der Waals surface area contributed by atoms with E-state index in [1.165, 1.54) is 5.56 Å². The maximum absolute atomic E-state index is 12.7. The van der Waals surface area contributed by atoms with Crippen LogP contribution >= 0.6 is 0 Å². The summed E-state index contributed by atoms with van der Waals surface area (Å²) in [6, 6.07) is 21.4. The van der Waals surface area contributed by atoms with E-state index in [1.807, 2.05) is 24.3 Å². The Bertz CT molecular complexity index is 1160. The van der Waals surface area contributed by atoms with Crippen LogP contribution in [0.5, 0.6) is 0 Å². The number of carbonyl (C=O) groups excluding carboxylic acids is 3. The first-order chi connectivity index (χ1) is 17.4. The molecule has 0 spiro atoms. The van der Waals surface area contributed by atoms with E-state index in [0.717, 1.165) is 31.2 Å². The molecule has 0 fully saturated rings. The van der Waals surface area contributed by atoms with Gasteiger partial charge in [-0.15, -0.1) is 0 Å². The number of esters is 3. The average Bonchev–Trinajstić information content (AvgIpc) is 2.88. The summed E-state index contributed by atoms with van der Waals surface area (Å²) < 4.78 is 10.6. The monoisotopic (exact) mass is 486 g/mol. The second kappa shape index (κ2) is 13.4. The molecule has 0 aromatic heterocycles. The van der Waals surface area contributed by atoms with Gasteiger partial charge in [0.05, 0.1) is 23.3 Å². The lowest BCUT2D eigenvalue weighted by molar-refractivity contribution is 0.0397. The van der Waals surface area contributed by atoms with Crippen LogP contribution in [-0.2, 0) is 28.7 Å². The number of rotatable bonds is 11. The number of hydrogen-bond acceptors (Lipinski definition) is 5. The van der Waals surface area contributed by atoms with Gasteiger partial charge in [-0.05, 0) is 72.2 Å². The molecule has 0 heterocycles. The molecule has 0 aliphatic rings. The molecule has 188 valence electrons. The van der Waals surface area contributed by atoms with Crippen LogP contribution in [0.25, 0.3) is 0 Å². The molecule has 0 saturated heterocycles. The van der Waals surface area contributed by atoms with E-state index in [0.29, 0.717) is 29.0 Å². The topological polar surface area (TPSA) is 69.7 Å². The van der Waals surface area contributed by atoms with Crippen LogP contribution in [0.1, 0.15) is 81.4 Å². The van der Waals surface area contributed by atoms with E-state index >= 15 is 0 Å². The van der Waals surface area contributed by atoms with Crippen molar-refractivity contribution in [3.63, 3.8) is 0 Å². The zero-order valence-corrected chi connectivity index (χ0v) is 21.3. The van der Waals surface area contributed by atoms with Crippen LogP contribution in [-0.4, -0.2) is 24.5 Å². The SMILES string of the molecule is CCCCc1ccc(C(=O)OCCc2ccccc2C(=O)OC(=O)c2ccc(CC(C)C)cc2)cc1. The minimum absolute atomic E-state index is 0.103. The number of aryl methyl sites for hydroxylation is 1. The summed E-state index contributed by atoms with van der Waals surface area (Å²) >= 11 is 0. The number of ether oxygens (including phenoxy) is 2. The Labute approximate surface area is 213 Å². The van der Waals surface area contributed by atoms with Crippen molar-refractivity contribution in [2.75, 3.05) is 6.61 Å². The highest BCUT2D eigenvalue weighted by Crippen LogP contribution is 2.15. The Kier molecular flexibility index (Phi) is 9.99. The molecule has 0 bridgehead atoms. The van der Waals surface area contributed by atoms with Crippen LogP contribution in [0.15, 0.2) is 72.8 Å². The van der Waals surface area contributed by atoms with Gasteiger partial charge in [0.1, 0.15) is 0 Å². The summed E-state index contributed by atoms with van der Waals surface area (Å²) in [4.78, 5) is 37.6. The van der Waals surface area contributed by atoms with Gasteiger partial charge in [-0.2, -0.15) is 0 Å². The van der Waals surface area contributed by atoms with Gasteiger partial charge in [0.15, 0.2) is 0 Å². The van der Waals surface area contributed by atoms with Crippen molar-refractivity contribution in [1.82, 2.24) is 0 Å². The molecule has 0 N–H and O–H groups in total. The lowest BCUT2D eigenvalue weighted by Crippen LogP contribution is -2.16. The van der Waals surface area contributed by atoms with Crippen molar-refractivity contribution in [2.45, 2.75) is 52.9 Å². The quantitative estimate of drug-likeness (QED) is 0.225. The van der Waals surface area contributed by atoms with Crippen LogP contribution < -0.4 is 0 Å².